The number of rotatable bonds is 7. The number of hydrogen-bond donors (Lipinski definition) is 2. The van der Waals surface area contributed by atoms with Crippen molar-refractivity contribution in [3.63, 3.8) is 0 Å². The number of nitrogens with one attached hydrogen (secondary N) is 2. The van der Waals surface area contributed by atoms with Crippen LogP contribution < -0.4 is 24.8 Å². The predicted octanol–water partition coefficient (Wildman–Crippen LogP) is 3.64. The van der Waals surface area contributed by atoms with Crippen LogP contribution in [0, 0.1) is 0 Å². The van der Waals surface area contributed by atoms with E-state index in [-0.39, 0.29) is 11.9 Å². The number of carbonyl (C=O) groups excluding carboxylic acids is 1. The number of carbonyl (C=O) groups is 1. The minimum absolute atomic E-state index is 0.215. The Hall–Kier alpha value is -2.89. The smallest absolute Gasteiger partial charge is 0.319 e. The molecule has 2 rings (SSSR count). The Morgan fingerprint density at radius 3 is 2.12 bits per heavy atom. The fourth-order valence-corrected chi connectivity index (χ4v) is 2.47. The van der Waals surface area contributed by atoms with Crippen LogP contribution in [0.25, 0.3) is 0 Å². The molecule has 1 atom stereocenters. The Labute approximate surface area is 148 Å². The molecule has 0 radical (unpaired) electrons. The maximum atomic E-state index is 12.2. The lowest BCUT2D eigenvalue weighted by atomic mass is 10.0. The molecule has 2 N–H and O–H groups in total. The van der Waals surface area contributed by atoms with E-state index in [1.54, 1.807) is 12.1 Å². The fourth-order valence-electron chi connectivity index (χ4n) is 2.47. The molecule has 25 heavy (non-hydrogen) atoms. The van der Waals surface area contributed by atoms with Crippen LogP contribution in [0.2, 0.25) is 0 Å². The van der Waals surface area contributed by atoms with Crippen LogP contribution in [0.1, 0.15) is 18.4 Å². The lowest BCUT2D eigenvalue weighted by molar-refractivity contribution is 0.251. The minimum Gasteiger partial charge on any atom is -0.493 e. The summed E-state index contributed by atoms with van der Waals surface area (Å²) >= 11 is 0. The largest absolute Gasteiger partial charge is 0.493 e. The van der Waals surface area contributed by atoms with Crippen LogP contribution in [-0.4, -0.2) is 33.9 Å². The van der Waals surface area contributed by atoms with Crippen molar-refractivity contribution in [3.05, 3.63) is 48.0 Å². The van der Waals surface area contributed by atoms with Gasteiger partial charge in [0, 0.05) is 18.7 Å². The van der Waals surface area contributed by atoms with Gasteiger partial charge in [0.25, 0.3) is 0 Å². The van der Waals surface area contributed by atoms with E-state index >= 15 is 0 Å². The van der Waals surface area contributed by atoms with E-state index in [0.29, 0.717) is 29.5 Å². The van der Waals surface area contributed by atoms with Gasteiger partial charge in [-0.1, -0.05) is 37.3 Å². The van der Waals surface area contributed by atoms with Gasteiger partial charge in [-0.15, -0.1) is 0 Å². The number of urea groups is 1. The Morgan fingerprint density at radius 1 is 1.00 bits per heavy atom. The summed E-state index contributed by atoms with van der Waals surface area (Å²) in [6, 6.07) is 13.1. The van der Waals surface area contributed by atoms with Gasteiger partial charge < -0.3 is 24.8 Å². The maximum Gasteiger partial charge on any atom is 0.319 e. The van der Waals surface area contributed by atoms with Crippen LogP contribution in [0.4, 0.5) is 10.5 Å². The summed E-state index contributed by atoms with van der Waals surface area (Å²) in [5.74, 6) is 1.66. The molecular weight excluding hydrogens is 320 g/mol. The summed E-state index contributed by atoms with van der Waals surface area (Å²) in [6.07, 6.45) is 0. The SMILES string of the molecule is COc1cc(NC(=O)NCC(C)c2ccccc2)cc(OC)c1OC. The molecular formula is C19H24N2O4. The summed E-state index contributed by atoms with van der Waals surface area (Å²) in [4.78, 5) is 12.2. The molecule has 2 aromatic rings. The molecule has 0 aliphatic heterocycles. The number of methoxy groups -OCH3 is 3. The zero-order valence-corrected chi connectivity index (χ0v) is 15.0. The summed E-state index contributed by atoms with van der Waals surface area (Å²) < 4.78 is 15.8. The van der Waals surface area contributed by atoms with Gasteiger partial charge in [-0.05, 0) is 11.5 Å². The van der Waals surface area contributed by atoms with Crippen LogP contribution in [0.3, 0.4) is 0 Å². The summed E-state index contributed by atoms with van der Waals surface area (Å²) in [5.41, 5.74) is 1.73. The van der Waals surface area contributed by atoms with Gasteiger partial charge in [0.05, 0.1) is 27.0 Å². The first kappa shape index (κ1) is 18.4. The second-order valence-corrected chi connectivity index (χ2v) is 5.56. The van der Waals surface area contributed by atoms with Crippen molar-refractivity contribution in [3.8, 4) is 17.2 Å². The summed E-state index contributed by atoms with van der Waals surface area (Å²) in [6.45, 7) is 2.59. The molecule has 134 valence electrons. The van der Waals surface area contributed by atoms with E-state index < -0.39 is 0 Å². The second kappa shape index (κ2) is 8.82. The lowest BCUT2D eigenvalue weighted by Crippen LogP contribution is -2.31. The number of amides is 2. The van der Waals surface area contributed by atoms with Crippen LogP contribution in [0.15, 0.2) is 42.5 Å². The fraction of sp³-hybridized carbons (Fsp3) is 0.316. The van der Waals surface area contributed by atoms with Crippen LogP contribution in [-0.2, 0) is 0 Å². The van der Waals surface area contributed by atoms with Gasteiger partial charge in [-0.25, -0.2) is 4.79 Å². The van der Waals surface area contributed by atoms with Crippen molar-refractivity contribution >= 4 is 11.7 Å². The number of anilines is 1. The molecule has 1 unspecified atom stereocenters. The maximum absolute atomic E-state index is 12.2. The quantitative estimate of drug-likeness (QED) is 0.805. The molecule has 0 aliphatic rings. The van der Waals surface area contributed by atoms with Gasteiger partial charge >= 0.3 is 6.03 Å². The highest BCUT2D eigenvalue weighted by atomic mass is 16.5. The third-order valence-corrected chi connectivity index (χ3v) is 3.86. The molecule has 2 amide bonds. The van der Waals surface area contributed by atoms with Crippen molar-refractivity contribution in [1.29, 1.82) is 0 Å². The monoisotopic (exact) mass is 344 g/mol. The van der Waals surface area contributed by atoms with E-state index in [9.17, 15) is 4.79 Å². The van der Waals surface area contributed by atoms with E-state index in [0.717, 1.165) is 0 Å². The number of benzene rings is 2. The molecule has 6 heteroatoms. The van der Waals surface area contributed by atoms with Crippen LogP contribution in [0.5, 0.6) is 17.2 Å². The van der Waals surface area contributed by atoms with Crippen LogP contribution >= 0.6 is 0 Å². The van der Waals surface area contributed by atoms with Gasteiger partial charge in [-0.2, -0.15) is 0 Å². The van der Waals surface area contributed by atoms with Crippen molar-refractivity contribution in [2.24, 2.45) is 0 Å². The standard InChI is InChI=1S/C19H24N2O4/c1-13(14-8-6-5-7-9-14)12-20-19(22)21-15-10-16(23-2)18(25-4)17(11-15)24-3/h5-11,13H,12H2,1-4H3,(H2,20,21,22). The van der Waals surface area contributed by atoms with Gasteiger partial charge in [0.1, 0.15) is 0 Å². The molecule has 0 spiro atoms. The molecule has 6 nitrogen and oxygen atoms in total. The van der Waals surface area contributed by atoms with E-state index in [4.69, 9.17) is 14.2 Å². The number of hydrogen-bond acceptors (Lipinski definition) is 4. The average Bonchev–Trinajstić information content (AvgIpc) is 2.65. The molecule has 0 aliphatic carbocycles. The number of ether oxygens (including phenoxy) is 3. The van der Waals surface area contributed by atoms with Gasteiger partial charge in [0.15, 0.2) is 11.5 Å². The molecule has 0 fully saturated rings. The third-order valence-electron chi connectivity index (χ3n) is 3.86. The van der Waals surface area contributed by atoms with Gasteiger partial charge in [-0.3, -0.25) is 0 Å². The first-order valence-corrected chi connectivity index (χ1v) is 7.98. The van der Waals surface area contributed by atoms with Gasteiger partial charge in [0.2, 0.25) is 5.75 Å². The molecule has 0 saturated heterocycles. The first-order valence-electron chi connectivity index (χ1n) is 7.98. The minimum atomic E-state index is -0.294. The van der Waals surface area contributed by atoms with Crippen molar-refractivity contribution in [2.45, 2.75) is 12.8 Å². The molecule has 0 bridgehead atoms. The lowest BCUT2D eigenvalue weighted by Gasteiger charge is -2.16. The van der Waals surface area contributed by atoms with E-state index in [1.807, 2.05) is 30.3 Å². The van der Waals surface area contributed by atoms with E-state index in [2.05, 4.69) is 17.6 Å². The Morgan fingerprint density at radius 2 is 1.60 bits per heavy atom. The van der Waals surface area contributed by atoms with Crippen molar-refractivity contribution in [2.75, 3.05) is 33.2 Å². The topological polar surface area (TPSA) is 68.8 Å². The second-order valence-electron chi connectivity index (χ2n) is 5.56. The third kappa shape index (κ3) is 4.79. The zero-order chi connectivity index (χ0) is 18.2. The Kier molecular flexibility index (Phi) is 6.51. The average molecular weight is 344 g/mol. The Balaban J connectivity index is 2.00. The zero-order valence-electron chi connectivity index (χ0n) is 15.0. The first-order chi connectivity index (χ1) is 12.1. The molecule has 0 saturated carbocycles. The summed E-state index contributed by atoms with van der Waals surface area (Å²) in [7, 11) is 4.59. The molecule has 0 heterocycles. The molecule has 0 aromatic heterocycles. The van der Waals surface area contributed by atoms with Crippen molar-refractivity contribution < 1.29 is 19.0 Å². The molecule has 2 aromatic carbocycles. The highest BCUT2D eigenvalue weighted by molar-refractivity contribution is 5.90. The highest BCUT2D eigenvalue weighted by Crippen LogP contribution is 2.39. The summed E-state index contributed by atoms with van der Waals surface area (Å²) in [5, 5.41) is 5.65. The van der Waals surface area contributed by atoms with E-state index in [1.165, 1.54) is 26.9 Å². The highest BCUT2D eigenvalue weighted by Gasteiger charge is 2.15. The van der Waals surface area contributed by atoms with Crippen molar-refractivity contribution in [1.82, 2.24) is 5.32 Å². The normalized spacial score (nSPS) is 11.4. The Bertz CT molecular complexity index is 679. The predicted molar refractivity (Wildman–Crippen MR) is 98.0 cm³/mol.